The largest absolute Gasteiger partial charge is 0.457 e. The Hall–Kier alpha value is -0.393. The Labute approximate surface area is 69.5 Å². The van der Waals surface area contributed by atoms with Gasteiger partial charge in [-0.1, -0.05) is 0 Å². The van der Waals surface area contributed by atoms with Crippen LogP contribution >= 0.6 is 0 Å². The van der Waals surface area contributed by atoms with Crippen molar-refractivity contribution in [2.24, 2.45) is 5.16 Å². The molecule has 0 rings (SSSR count). The number of methoxy groups -OCH3 is 2. The molecule has 0 unspecified atom stereocenters. The summed E-state index contributed by atoms with van der Waals surface area (Å²) in [6, 6.07) is 0. The average Bonchev–Trinajstić information content (AvgIpc) is 1.98. The Morgan fingerprint density at radius 1 is 1.27 bits per heavy atom. The topological polar surface area (TPSA) is 40.0 Å². The van der Waals surface area contributed by atoms with Gasteiger partial charge in [0.15, 0.2) is 5.91 Å². The lowest BCUT2D eigenvalue weighted by molar-refractivity contribution is -0.0526. The summed E-state index contributed by atoms with van der Waals surface area (Å²) in [5, 5.41) is 3.78. The van der Waals surface area contributed by atoms with Gasteiger partial charge in [-0.2, -0.15) is 0 Å². The summed E-state index contributed by atoms with van der Waals surface area (Å²) in [5.74, 6) is -0.196. The third-order valence-electron chi connectivity index (χ3n) is 0.984. The molecule has 0 radical (unpaired) electrons. The maximum Gasteiger partial charge on any atom is 0.316 e. The molecule has 0 fully saturated rings. The van der Waals surface area contributed by atoms with E-state index in [2.05, 4.69) is 5.16 Å². The fourth-order valence-electron chi connectivity index (χ4n) is 0.460. The Bertz CT molecular complexity index is 121. The van der Waals surface area contributed by atoms with Crippen molar-refractivity contribution >= 4 is 15.5 Å². The standard InChI is InChI=1S/C6H15NO3Si/c1-5(2)7-10-11-6(8-3)9-4/h6H,11H2,1-4H3. The zero-order valence-electron chi connectivity index (χ0n) is 7.46. The minimum atomic E-state index is -0.849. The number of rotatable bonds is 5. The molecule has 0 N–H and O–H groups in total. The molecule has 66 valence electrons. The fourth-order valence-corrected chi connectivity index (χ4v) is 1.19. The molecule has 0 aromatic heterocycles. The van der Waals surface area contributed by atoms with Gasteiger partial charge in [0.25, 0.3) is 0 Å². The van der Waals surface area contributed by atoms with Crippen LogP contribution in [0.25, 0.3) is 0 Å². The number of hydrogen-bond acceptors (Lipinski definition) is 4. The van der Waals surface area contributed by atoms with Crippen molar-refractivity contribution in [3.8, 4) is 0 Å². The first-order valence-corrected chi connectivity index (χ1v) is 4.78. The molecule has 0 aliphatic rings. The van der Waals surface area contributed by atoms with Crippen molar-refractivity contribution < 1.29 is 14.0 Å². The van der Waals surface area contributed by atoms with Crippen LogP contribution < -0.4 is 0 Å². The normalized spacial score (nSPS) is 11.0. The summed E-state index contributed by atoms with van der Waals surface area (Å²) in [5.41, 5.74) is 0.906. The third-order valence-corrected chi connectivity index (χ3v) is 2.20. The first kappa shape index (κ1) is 10.6. The van der Waals surface area contributed by atoms with Gasteiger partial charge in [0.1, 0.15) is 0 Å². The van der Waals surface area contributed by atoms with Crippen molar-refractivity contribution in [1.82, 2.24) is 0 Å². The lowest BCUT2D eigenvalue weighted by atomic mass is 10.5. The first-order valence-electron chi connectivity index (χ1n) is 3.39. The van der Waals surface area contributed by atoms with E-state index in [0.717, 1.165) is 5.71 Å². The van der Waals surface area contributed by atoms with Crippen LogP contribution in [-0.2, 0) is 14.0 Å². The van der Waals surface area contributed by atoms with Crippen LogP contribution in [0, 0.1) is 0 Å². The maximum atomic E-state index is 5.02. The molecule has 0 aromatic carbocycles. The van der Waals surface area contributed by atoms with Gasteiger partial charge in [-0.3, -0.25) is 0 Å². The number of hydrogen-bond donors (Lipinski definition) is 0. The Morgan fingerprint density at radius 2 is 1.82 bits per heavy atom. The van der Waals surface area contributed by atoms with E-state index in [1.165, 1.54) is 0 Å². The van der Waals surface area contributed by atoms with Crippen molar-refractivity contribution in [3.05, 3.63) is 0 Å². The van der Waals surface area contributed by atoms with Crippen LogP contribution in [0.1, 0.15) is 13.8 Å². The average molecular weight is 177 g/mol. The fraction of sp³-hybridized carbons (Fsp3) is 0.833. The smallest absolute Gasteiger partial charge is 0.316 e. The first-order chi connectivity index (χ1) is 5.20. The van der Waals surface area contributed by atoms with Gasteiger partial charge in [-0.05, 0) is 13.8 Å². The van der Waals surface area contributed by atoms with Gasteiger partial charge in [0.2, 0.25) is 0 Å². The Balaban J connectivity index is 3.43. The summed E-state index contributed by atoms with van der Waals surface area (Å²) >= 11 is 0. The Kier molecular flexibility index (Phi) is 6.10. The molecule has 0 aliphatic heterocycles. The number of oxime groups is 1. The zero-order chi connectivity index (χ0) is 8.69. The highest BCUT2D eigenvalue weighted by molar-refractivity contribution is 6.28. The predicted molar refractivity (Wildman–Crippen MR) is 46.2 cm³/mol. The summed E-state index contributed by atoms with van der Waals surface area (Å²) in [7, 11) is 2.33. The van der Waals surface area contributed by atoms with E-state index in [1.807, 2.05) is 13.8 Å². The van der Waals surface area contributed by atoms with E-state index in [0.29, 0.717) is 0 Å². The van der Waals surface area contributed by atoms with E-state index in [9.17, 15) is 0 Å². The van der Waals surface area contributed by atoms with Crippen LogP contribution in [0.15, 0.2) is 5.16 Å². The molecule has 4 nitrogen and oxygen atoms in total. The highest BCUT2D eigenvalue weighted by Gasteiger charge is 2.05. The molecule has 0 aliphatic carbocycles. The van der Waals surface area contributed by atoms with Crippen molar-refractivity contribution in [2.45, 2.75) is 19.8 Å². The van der Waals surface area contributed by atoms with Crippen LogP contribution in [0.2, 0.25) is 0 Å². The molecular formula is C6H15NO3Si. The summed E-state index contributed by atoms with van der Waals surface area (Å²) < 4.78 is 14.9. The van der Waals surface area contributed by atoms with Crippen molar-refractivity contribution in [1.29, 1.82) is 0 Å². The minimum Gasteiger partial charge on any atom is -0.457 e. The van der Waals surface area contributed by atoms with E-state index >= 15 is 0 Å². The molecule has 0 heterocycles. The van der Waals surface area contributed by atoms with E-state index < -0.39 is 9.76 Å². The summed E-state index contributed by atoms with van der Waals surface area (Å²) in [4.78, 5) is 0. The molecule has 0 atom stereocenters. The summed E-state index contributed by atoms with van der Waals surface area (Å²) in [6.45, 7) is 3.76. The lowest BCUT2D eigenvalue weighted by Gasteiger charge is -2.10. The van der Waals surface area contributed by atoms with Gasteiger partial charge in [-0.25, -0.2) is 0 Å². The van der Waals surface area contributed by atoms with E-state index in [-0.39, 0.29) is 5.91 Å². The van der Waals surface area contributed by atoms with Crippen LogP contribution in [0.5, 0.6) is 0 Å². The minimum absolute atomic E-state index is 0.196. The second-order valence-corrected chi connectivity index (χ2v) is 3.49. The molecule has 11 heavy (non-hydrogen) atoms. The van der Waals surface area contributed by atoms with Gasteiger partial charge in [0.05, 0.1) is 0 Å². The zero-order valence-corrected chi connectivity index (χ0v) is 8.87. The number of nitrogens with zero attached hydrogens (tertiary/aromatic N) is 1. The predicted octanol–water partition coefficient (Wildman–Crippen LogP) is 0.0590. The highest BCUT2D eigenvalue weighted by Crippen LogP contribution is 1.89. The van der Waals surface area contributed by atoms with Gasteiger partial charge in [0, 0.05) is 19.9 Å². The second-order valence-electron chi connectivity index (χ2n) is 2.24. The van der Waals surface area contributed by atoms with Gasteiger partial charge < -0.3 is 14.0 Å². The van der Waals surface area contributed by atoms with E-state index in [4.69, 9.17) is 14.0 Å². The molecule has 0 bridgehead atoms. The lowest BCUT2D eigenvalue weighted by Crippen LogP contribution is -2.22. The molecule has 5 heteroatoms. The Morgan fingerprint density at radius 3 is 2.18 bits per heavy atom. The van der Waals surface area contributed by atoms with Crippen LogP contribution in [-0.4, -0.2) is 35.6 Å². The van der Waals surface area contributed by atoms with Crippen molar-refractivity contribution in [2.75, 3.05) is 14.2 Å². The molecule has 0 spiro atoms. The van der Waals surface area contributed by atoms with Crippen molar-refractivity contribution in [3.63, 3.8) is 0 Å². The molecule has 0 saturated carbocycles. The van der Waals surface area contributed by atoms with Crippen LogP contribution in [0.3, 0.4) is 0 Å². The highest BCUT2D eigenvalue weighted by atomic mass is 28.2. The number of ether oxygens (including phenoxy) is 2. The van der Waals surface area contributed by atoms with Gasteiger partial charge >= 0.3 is 9.76 Å². The quantitative estimate of drug-likeness (QED) is 0.258. The molecule has 0 saturated heterocycles. The summed E-state index contributed by atoms with van der Waals surface area (Å²) in [6.07, 6.45) is 0. The van der Waals surface area contributed by atoms with E-state index in [1.54, 1.807) is 14.2 Å². The maximum absolute atomic E-state index is 5.02. The van der Waals surface area contributed by atoms with Gasteiger partial charge in [-0.15, -0.1) is 5.16 Å². The third kappa shape index (κ3) is 6.02. The molecular weight excluding hydrogens is 162 g/mol. The molecule has 0 amide bonds. The second kappa shape index (κ2) is 6.33. The molecule has 0 aromatic rings. The monoisotopic (exact) mass is 177 g/mol. The van der Waals surface area contributed by atoms with Crippen LogP contribution in [0.4, 0.5) is 0 Å². The SMILES string of the molecule is COC(OC)[SiH2]ON=C(C)C.